The van der Waals surface area contributed by atoms with Gasteiger partial charge in [-0.2, -0.15) is 5.10 Å². The molecular weight excluding hydrogens is 452 g/mol. The van der Waals surface area contributed by atoms with Crippen LogP contribution in [0.3, 0.4) is 0 Å². The van der Waals surface area contributed by atoms with Crippen LogP contribution >= 0.6 is 11.3 Å². The molecule has 0 radical (unpaired) electrons. The number of carbonyl (C=O) groups is 1. The van der Waals surface area contributed by atoms with Crippen molar-refractivity contribution in [3.63, 3.8) is 0 Å². The number of para-hydroxylation sites is 1. The average molecular weight is 483 g/mol. The second-order valence-corrected chi connectivity index (χ2v) is 10.4. The molecule has 5 nitrogen and oxygen atoms in total. The molecule has 0 saturated carbocycles. The Morgan fingerprint density at radius 1 is 1.03 bits per heavy atom. The van der Waals surface area contributed by atoms with Gasteiger partial charge in [0.2, 0.25) is 5.91 Å². The van der Waals surface area contributed by atoms with Gasteiger partial charge in [0, 0.05) is 12.2 Å². The Morgan fingerprint density at radius 3 is 2.57 bits per heavy atom. The molecule has 1 amide bonds. The molecule has 0 saturated heterocycles. The first-order chi connectivity index (χ1) is 16.9. The van der Waals surface area contributed by atoms with Crippen LogP contribution in [0.2, 0.25) is 0 Å². The maximum atomic E-state index is 13.8. The minimum atomic E-state index is 0.0491. The van der Waals surface area contributed by atoms with Crippen LogP contribution in [0.4, 0.5) is 5.13 Å². The Balaban J connectivity index is 1.51. The van der Waals surface area contributed by atoms with E-state index in [1.54, 1.807) is 11.3 Å². The molecular formula is C29H30N4OS. The van der Waals surface area contributed by atoms with Crippen molar-refractivity contribution in [1.29, 1.82) is 0 Å². The van der Waals surface area contributed by atoms with Crippen molar-refractivity contribution >= 4 is 43.4 Å². The van der Waals surface area contributed by atoms with Gasteiger partial charge < -0.3 is 0 Å². The smallest absolute Gasteiger partial charge is 0.233 e. The SMILES string of the molecule is Cc1cc(C)n(CCN(C(=O)Cc2cccc3ccccc23)c2nc3c(C(C)C)cccc3s2)n1. The van der Waals surface area contributed by atoms with Crippen molar-refractivity contribution in [2.75, 3.05) is 11.4 Å². The number of carbonyl (C=O) groups excluding carboxylic acids is 1. The minimum absolute atomic E-state index is 0.0491. The lowest BCUT2D eigenvalue weighted by molar-refractivity contribution is -0.118. The van der Waals surface area contributed by atoms with E-state index < -0.39 is 0 Å². The standard InChI is InChI=1S/C29H30N4OS/c1-19(2)24-13-8-14-26-28(24)30-29(35-26)32(15-16-33-21(4)17-20(3)31-33)27(34)18-23-11-7-10-22-9-5-6-12-25(22)23/h5-14,17,19H,15-16,18H2,1-4H3. The van der Waals surface area contributed by atoms with Gasteiger partial charge in [-0.1, -0.05) is 79.8 Å². The Bertz CT molecular complexity index is 1510. The highest BCUT2D eigenvalue weighted by molar-refractivity contribution is 7.22. The fraction of sp³-hybridized carbons (Fsp3) is 0.276. The van der Waals surface area contributed by atoms with Crippen molar-refractivity contribution in [1.82, 2.24) is 14.8 Å². The van der Waals surface area contributed by atoms with Crippen molar-refractivity contribution in [3.05, 3.63) is 89.2 Å². The maximum Gasteiger partial charge on any atom is 0.233 e. The minimum Gasteiger partial charge on any atom is -0.286 e. The zero-order chi connectivity index (χ0) is 24.5. The van der Waals surface area contributed by atoms with Gasteiger partial charge in [-0.25, -0.2) is 4.98 Å². The largest absolute Gasteiger partial charge is 0.286 e. The molecule has 0 bridgehead atoms. The first kappa shape index (κ1) is 23.2. The molecule has 0 N–H and O–H groups in total. The number of amides is 1. The van der Waals surface area contributed by atoms with Crippen LogP contribution in [0, 0.1) is 13.8 Å². The summed E-state index contributed by atoms with van der Waals surface area (Å²) < 4.78 is 3.08. The van der Waals surface area contributed by atoms with E-state index in [2.05, 4.69) is 74.4 Å². The lowest BCUT2D eigenvalue weighted by atomic mass is 10.0. The molecule has 2 heterocycles. The number of aromatic nitrogens is 3. The molecule has 6 heteroatoms. The van der Waals surface area contributed by atoms with E-state index in [1.165, 1.54) is 5.56 Å². The third-order valence-electron chi connectivity index (χ3n) is 6.45. The van der Waals surface area contributed by atoms with Crippen LogP contribution in [-0.4, -0.2) is 27.2 Å². The van der Waals surface area contributed by atoms with E-state index >= 15 is 0 Å². The summed E-state index contributed by atoms with van der Waals surface area (Å²) >= 11 is 1.59. The van der Waals surface area contributed by atoms with Crippen LogP contribution in [0.1, 0.15) is 42.3 Å². The Kier molecular flexibility index (Phi) is 6.39. The van der Waals surface area contributed by atoms with E-state index in [0.29, 0.717) is 25.4 Å². The molecule has 3 aromatic carbocycles. The zero-order valence-corrected chi connectivity index (χ0v) is 21.5. The number of aryl methyl sites for hydroxylation is 2. The number of fused-ring (bicyclic) bond motifs is 2. The number of anilines is 1. The molecule has 178 valence electrons. The van der Waals surface area contributed by atoms with Gasteiger partial charge in [-0.3, -0.25) is 14.4 Å². The number of hydrogen-bond acceptors (Lipinski definition) is 4. The highest BCUT2D eigenvalue weighted by Gasteiger charge is 2.22. The van der Waals surface area contributed by atoms with Gasteiger partial charge in [0.25, 0.3) is 0 Å². The fourth-order valence-corrected chi connectivity index (χ4v) is 5.71. The Labute approximate surface area is 210 Å². The predicted octanol–water partition coefficient (Wildman–Crippen LogP) is 6.66. The van der Waals surface area contributed by atoms with Gasteiger partial charge in [0.15, 0.2) is 5.13 Å². The van der Waals surface area contributed by atoms with E-state index in [4.69, 9.17) is 4.98 Å². The summed E-state index contributed by atoms with van der Waals surface area (Å²) in [6.07, 6.45) is 0.325. The number of nitrogens with zero attached hydrogens (tertiary/aromatic N) is 4. The summed E-state index contributed by atoms with van der Waals surface area (Å²) in [6, 6.07) is 22.8. The molecule has 0 aliphatic heterocycles. The predicted molar refractivity (Wildman–Crippen MR) is 145 cm³/mol. The lowest BCUT2D eigenvalue weighted by Gasteiger charge is -2.21. The molecule has 2 aromatic heterocycles. The fourth-order valence-electron chi connectivity index (χ4n) is 4.67. The monoisotopic (exact) mass is 482 g/mol. The second-order valence-electron chi connectivity index (χ2n) is 9.36. The van der Waals surface area contributed by atoms with Crippen LogP contribution in [0.5, 0.6) is 0 Å². The molecule has 0 spiro atoms. The summed E-state index contributed by atoms with van der Waals surface area (Å²) in [5.74, 6) is 0.413. The van der Waals surface area contributed by atoms with Gasteiger partial charge in [0.05, 0.1) is 28.9 Å². The molecule has 0 aliphatic rings. The van der Waals surface area contributed by atoms with Crippen molar-refractivity contribution in [2.45, 2.75) is 46.6 Å². The summed E-state index contributed by atoms with van der Waals surface area (Å²) in [4.78, 5) is 20.7. The molecule has 5 rings (SSSR count). The first-order valence-electron chi connectivity index (χ1n) is 12.1. The highest BCUT2D eigenvalue weighted by atomic mass is 32.1. The maximum absolute atomic E-state index is 13.8. The van der Waals surface area contributed by atoms with Crippen molar-refractivity contribution in [2.24, 2.45) is 0 Å². The van der Waals surface area contributed by atoms with Gasteiger partial charge in [-0.15, -0.1) is 0 Å². The van der Waals surface area contributed by atoms with Gasteiger partial charge in [-0.05, 0) is 53.8 Å². The zero-order valence-electron chi connectivity index (χ0n) is 20.7. The third kappa shape index (κ3) is 4.71. The second kappa shape index (κ2) is 9.62. The Hall–Kier alpha value is -3.51. The van der Waals surface area contributed by atoms with E-state index in [-0.39, 0.29) is 5.91 Å². The normalized spacial score (nSPS) is 11.6. The molecule has 0 unspecified atom stereocenters. The molecule has 0 fully saturated rings. The number of hydrogen-bond donors (Lipinski definition) is 0. The Morgan fingerprint density at radius 2 is 1.80 bits per heavy atom. The third-order valence-corrected chi connectivity index (χ3v) is 7.50. The molecule has 0 atom stereocenters. The highest BCUT2D eigenvalue weighted by Crippen LogP contribution is 2.34. The molecule has 35 heavy (non-hydrogen) atoms. The number of rotatable bonds is 7. The lowest BCUT2D eigenvalue weighted by Crippen LogP contribution is -2.35. The summed E-state index contributed by atoms with van der Waals surface area (Å²) in [7, 11) is 0. The molecule has 0 aliphatic carbocycles. The van der Waals surface area contributed by atoms with Gasteiger partial charge >= 0.3 is 0 Å². The van der Waals surface area contributed by atoms with Crippen LogP contribution in [-0.2, 0) is 17.8 Å². The quantitative estimate of drug-likeness (QED) is 0.261. The van der Waals surface area contributed by atoms with Crippen LogP contribution in [0.15, 0.2) is 66.7 Å². The van der Waals surface area contributed by atoms with E-state index in [9.17, 15) is 4.79 Å². The summed E-state index contributed by atoms with van der Waals surface area (Å²) in [5.41, 5.74) is 5.32. The number of thiazole rings is 1. The van der Waals surface area contributed by atoms with E-state index in [1.807, 2.05) is 34.7 Å². The number of benzene rings is 3. The average Bonchev–Trinajstić information content (AvgIpc) is 3.41. The van der Waals surface area contributed by atoms with Crippen LogP contribution in [0.25, 0.3) is 21.0 Å². The van der Waals surface area contributed by atoms with Crippen molar-refractivity contribution < 1.29 is 4.79 Å². The van der Waals surface area contributed by atoms with Crippen LogP contribution < -0.4 is 4.90 Å². The molecule has 5 aromatic rings. The first-order valence-corrected chi connectivity index (χ1v) is 12.9. The van der Waals surface area contributed by atoms with E-state index in [0.717, 1.165) is 43.1 Å². The van der Waals surface area contributed by atoms with Crippen molar-refractivity contribution in [3.8, 4) is 0 Å². The topological polar surface area (TPSA) is 51.0 Å². The summed E-state index contributed by atoms with van der Waals surface area (Å²) in [5, 5.41) is 7.62. The van der Waals surface area contributed by atoms with Gasteiger partial charge in [0.1, 0.15) is 0 Å². The summed E-state index contributed by atoms with van der Waals surface area (Å²) in [6.45, 7) is 9.54.